The van der Waals surface area contributed by atoms with Crippen molar-refractivity contribution >= 4 is 11.8 Å². The number of aromatic nitrogens is 2. The van der Waals surface area contributed by atoms with Crippen LogP contribution in [0.15, 0.2) is 42.6 Å². The third-order valence-corrected chi connectivity index (χ3v) is 4.22. The Morgan fingerprint density at radius 3 is 2.82 bits per heavy atom. The van der Waals surface area contributed by atoms with Crippen molar-refractivity contribution in [2.24, 2.45) is 5.92 Å². The van der Waals surface area contributed by atoms with Crippen molar-refractivity contribution in [1.29, 1.82) is 0 Å². The monoisotopic (exact) mass is 296 g/mol. The Balaban J connectivity index is 1.73. The molecule has 1 aliphatic rings. The quantitative estimate of drug-likeness (QED) is 0.866. The minimum Gasteiger partial charge on any atom is -0.355 e. The summed E-state index contributed by atoms with van der Waals surface area (Å²) in [6, 6.07) is 12.5. The van der Waals surface area contributed by atoms with Crippen molar-refractivity contribution in [3.8, 4) is 0 Å². The summed E-state index contributed by atoms with van der Waals surface area (Å²) in [5.41, 5.74) is 1.29. The number of rotatable bonds is 4. The van der Waals surface area contributed by atoms with Gasteiger partial charge in [0, 0.05) is 32.9 Å². The van der Waals surface area contributed by atoms with Crippen LogP contribution < -0.4 is 9.80 Å². The van der Waals surface area contributed by atoms with Crippen LogP contribution in [0.25, 0.3) is 0 Å². The van der Waals surface area contributed by atoms with Gasteiger partial charge in [0.05, 0.1) is 0 Å². The summed E-state index contributed by atoms with van der Waals surface area (Å²) < 4.78 is 0. The SMILES string of the molecule is CC1CCCN(c2nccc(N(C)Cc3ccccc3)n2)C1. The molecule has 3 rings (SSSR count). The van der Waals surface area contributed by atoms with E-state index in [4.69, 9.17) is 4.98 Å². The van der Waals surface area contributed by atoms with Crippen LogP contribution in [0.3, 0.4) is 0 Å². The molecule has 4 nitrogen and oxygen atoms in total. The van der Waals surface area contributed by atoms with Crippen molar-refractivity contribution in [3.05, 3.63) is 48.2 Å². The Bertz CT molecular complexity index is 599. The molecule has 1 aliphatic heterocycles. The van der Waals surface area contributed by atoms with Gasteiger partial charge in [0.2, 0.25) is 5.95 Å². The highest BCUT2D eigenvalue weighted by atomic mass is 15.3. The molecular formula is C18H24N4. The Morgan fingerprint density at radius 2 is 2.05 bits per heavy atom. The first kappa shape index (κ1) is 14.8. The molecular weight excluding hydrogens is 272 g/mol. The van der Waals surface area contributed by atoms with E-state index in [-0.39, 0.29) is 0 Å². The van der Waals surface area contributed by atoms with Crippen molar-refractivity contribution in [2.75, 3.05) is 29.9 Å². The fraction of sp³-hybridized carbons (Fsp3) is 0.444. The third kappa shape index (κ3) is 3.56. The molecule has 0 spiro atoms. The van der Waals surface area contributed by atoms with Crippen molar-refractivity contribution in [1.82, 2.24) is 9.97 Å². The van der Waals surface area contributed by atoms with E-state index < -0.39 is 0 Å². The van der Waals surface area contributed by atoms with Crippen LogP contribution in [0.5, 0.6) is 0 Å². The summed E-state index contributed by atoms with van der Waals surface area (Å²) in [5.74, 6) is 2.57. The molecule has 1 saturated heterocycles. The average Bonchev–Trinajstić information content (AvgIpc) is 2.56. The van der Waals surface area contributed by atoms with Gasteiger partial charge in [-0.2, -0.15) is 4.98 Å². The highest BCUT2D eigenvalue weighted by Gasteiger charge is 2.19. The Labute approximate surface area is 132 Å². The molecule has 1 atom stereocenters. The van der Waals surface area contributed by atoms with Gasteiger partial charge in [-0.15, -0.1) is 0 Å². The summed E-state index contributed by atoms with van der Waals surface area (Å²) in [7, 11) is 2.08. The maximum atomic E-state index is 4.77. The van der Waals surface area contributed by atoms with Gasteiger partial charge in [-0.1, -0.05) is 37.3 Å². The van der Waals surface area contributed by atoms with Crippen LogP contribution >= 0.6 is 0 Å². The van der Waals surface area contributed by atoms with E-state index in [0.717, 1.165) is 37.3 Å². The standard InChI is InChI=1S/C18H24N4/c1-15-7-6-12-22(13-15)18-19-11-10-17(20-18)21(2)14-16-8-4-3-5-9-16/h3-5,8-11,15H,6-7,12-14H2,1-2H3. The summed E-state index contributed by atoms with van der Waals surface area (Å²) in [6.07, 6.45) is 4.41. The van der Waals surface area contributed by atoms with Gasteiger partial charge in [-0.05, 0) is 30.4 Å². The molecule has 0 bridgehead atoms. The minimum absolute atomic E-state index is 0.725. The number of hydrogen-bond acceptors (Lipinski definition) is 4. The smallest absolute Gasteiger partial charge is 0.227 e. The average molecular weight is 296 g/mol. The number of anilines is 2. The molecule has 2 heterocycles. The normalized spacial score (nSPS) is 18.3. The van der Waals surface area contributed by atoms with Gasteiger partial charge in [-0.3, -0.25) is 0 Å². The lowest BCUT2D eigenvalue weighted by atomic mass is 10.0. The zero-order chi connectivity index (χ0) is 15.4. The Kier molecular flexibility index (Phi) is 4.56. The molecule has 1 unspecified atom stereocenters. The van der Waals surface area contributed by atoms with Crippen LogP contribution in [0.4, 0.5) is 11.8 Å². The summed E-state index contributed by atoms with van der Waals surface area (Å²) in [6.45, 7) is 5.29. The van der Waals surface area contributed by atoms with Gasteiger partial charge < -0.3 is 9.80 Å². The summed E-state index contributed by atoms with van der Waals surface area (Å²) in [5, 5.41) is 0. The number of benzene rings is 1. The molecule has 0 radical (unpaired) electrons. The predicted octanol–water partition coefficient (Wildman–Crippen LogP) is 3.35. The van der Waals surface area contributed by atoms with Crippen molar-refractivity contribution < 1.29 is 0 Å². The molecule has 116 valence electrons. The van der Waals surface area contributed by atoms with Crippen molar-refractivity contribution in [3.63, 3.8) is 0 Å². The first-order valence-electron chi connectivity index (χ1n) is 8.05. The fourth-order valence-corrected chi connectivity index (χ4v) is 3.01. The molecule has 4 heteroatoms. The van der Waals surface area contributed by atoms with E-state index in [1.54, 1.807) is 0 Å². The Hall–Kier alpha value is -2.10. The van der Waals surface area contributed by atoms with E-state index in [1.165, 1.54) is 18.4 Å². The number of hydrogen-bond donors (Lipinski definition) is 0. The summed E-state index contributed by atoms with van der Waals surface area (Å²) in [4.78, 5) is 13.7. The van der Waals surface area contributed by atoms with E-state index >= 15 is 0 Å². The zero-order valence-corrected chi connectivity index (χ0v) is 13.4. The largest absolute Gasteiger partial charge is 0.355 e. The topological polar surface area (TPSA) is 32.3 Å². The molecule has 22 heavy (non-hydrogen) atoms. The predicted molar refractivity (Wildman–Crippen MR) is 91.2 cm³/mol. The third-order valence-electron chi connectivity index (χ3n) is 4.22. The second-order valence-electron chi connectivity index (χ2n) is 6.25. The second-order valence-corrected chi connectivity index (χ2v) is 6.25. The van der Waals surface area contributed by atoms with Gasteiger partial charge in [0.15, 0.2) is 0 Å². The lowest BCUT2D eigenvalue weighted by Crippen LogP contribution is -2.35. The maximum Gasteiger partial charge on any atom is 0.227 e. The van der Waals surface area contributed by atoms with E-state index in [2.05, 4.69) is 53.0 Å². The number of nitrogens with zero attached hydrogens (tertiary/aromatic N) is 4. The molecule has 1 fully saturated rings. The van der Waals surface area contributed by atoms with E-state index in [1.807, 2.05) is 18.3 Å². The molecule has 2 aromatic rings. The van der Waals surface area contributed by atoms with E-state index in [9.17, 15) is 0 Å². The highest BCUT2D eigenvalue weighted by molar-refractivity contribution is 5.44. The fourth-order valence-electron chi connectivity index (χ4n) is 3.01. The molecule has 1 aromatic heterocycles. The minimum atomic E-state index is 0.725. The molecule has 0 amide bonds. The Morgan fingerprint density at radius 1 is 1.23 bits per heavy atom. The summed E-state index contributed by atoms with van der Waals surface area (Å²) >= 11 is 0. The first-order valence-corrected chi connectivity index (χ1v) is 8.05. The molecule has 0 N–H and O–H groups in total. The highest BCUT2D eigenvalue weighted by Crippen LogP contribution is 2.21. The van der Waals surface area contributed by atoms with Crippen LogP contribution in [0.2, 0.25) is 0 Å². The lowest BCUT2D eigenvalue weighted by Gasteiger charge is -2.31. The van der Waals surface area contributed by atoms with Gasteiger partial charge in [-0.25, -0.2) is 4.98 Å². The van der Waals surface area contributed by atoms with Gasteiger partial charge in [0.25, 0.3) is 0 Å². The van der Waals surface area contributed by atoms with Gasteiger partial charge >= 0.3 is 0 Å². The van der Waals surface area contributed by atoms with Crippen molar-refractivity contribution in [2.45, 2.75) is 26.3 Å². The lowest BCUT2D eigenvalue weighted by molar-refractivity contribution is 0.442. The van der Waals surface area contributed by atoms with Crippen LogP contribution in [-0.2, 0) is 6.54 Å². The van der Waals surface area contributed by atoms with Gasteiger partial charge in [0.1, 0.15) is 5.82 Å². The first-order chi connectivity index (χ1) is 10.7. The molecule has 0 saturated carbocycles. The zero-order valence-electron chi connectivity index (χ0n) is 13.4. The molecule has 0 aliphatic carbocycles. The maximum absolute atomic E-state index is 4.77. The van der Waals surface area contributed by atoms with E-state index in [0.29, 0.717) is 0 Å². The second kappa shape index (κ2) is 6.77. The van der Waals surface area contributed by atoms with Crippen LogP contribution in [0, 0.1) is 5.92 Å². The molecule has 1 aromatic carbocycles. The number of piperidine rings is 1. The van der Waals surface area contributed by atoms with Crippen LogP contribution in [-0.4, -0.2) is 30.1 Å². The van der Waals surface area contributed by atoms with Crippen LogP contribution in [0.1, 0.15) is 25.3 Å².